The maximum Gasteiger partial charge on any atom is 0.330 e. The summed E-state index contributed by atoms with van der Waals surface area (Å²) in [6, 6.07) is 14.1. The van der Waals surface area contributed by atoms with E-state index in [4.69, 9.17) is 4.74 Å². The standard InChI is InChI=1S/C23H29N3O4S/c1-4-23(27)30-18-8-6-5-7-17-26(2)21-13-9-19(10-14-21)24-25-20-11-15-22(16-12-20)31(3,28)29/h4,9-16H,1,5-8,17-18H2,2-3H3. The molecular weight excluding hydrogens is 414 g/mol. The first-order chi connectivity index (χ1) is 14.8. The molecule has 0 aliphatic carbocycles. The van der Waals surface area contributed by atoms with Gasteiger partial charge in [-0.25, -0.2) is 13.2 Å². The number of anilines is 1. The summed E-state index contributed by atoms with van der Waals surface area (Å²) in [6.45, 7) is 4.74. The summed E-state index contributed by atoms with van der Waals surface area (Å²) >= 11 is 0. The van der Waals surface area contributed by atoms with Crippen LogP contribution >= 0.6 is 0 Å². The van der Waals surface area contributed by atoms with Crippen LogP contribution in [0.2, 0.25) is 0 Å². The van der Waals surface area contributed by atoms with Crippen molar-refractivity contribution in [3.8, 4) is 0 Å². The van der Waals surface area contributed by atoms with E-state index in [1.807, 2.05) is 31.3 Å². The third-order valence-electron chi connectivity index (χ3n) is 4.64. The molecule has 2 aromatic carbocycles. The molecule has 31 heavy (non-hydrogen) atoms. The lowest BCUT2D eigenvalue weighted by atomic mass is 10.2. The number of carbonyl (C=O) groups is 1. The third kappa shape index (κ3) is 8.72. The van der Waals surface area contributed by atoms with E-state index in [-0.39, 0.29) is 10.9 Å². The Morgan fingerprint density at radius 2 is 1.52 bits per heavy atom. The van der Waals surface area contributed by atoms with Crippen molar-refractivity contribution in [2.75, 3.05) is 31.4 Å². The number of carbonyl (C=O) groups excluding carboxylic acids is 1. The van der Waals surface area contributed by atoms with Gasteiger partial charge < -0.3 is 9.64 Å². The van der Waals surface area contributed by atoms with E-state index < -0.39 is 9.84 Å². The summed E-state index contributed by atoms with van der Waals surface area (Å²) < 4.78 is 27.9. The predicted molar refractivity (Wildman–Crippen MR) is 123 cm³/mol. The van der Waals surface area contributed by atoms with Gasteiger partial charge in [0.25, 0.3) is 0 Å². The molecule has 0 fully saturated rings. The highest BCUT2D eigenvalue weighted by atomic mass is 32.2. The fourth-order valence-electron chi connectivity index (χ4n) is 2.81. The van der Waals surface area contributed by atoms with E-state index in [2.05, 4.69) is 21.7 Å². The molecular formula is C23H29N3O4S. The Hall–Kier alpha value is -3.00. The van der Waals surface area contributed by atoms with Crippen LogP contribution < -0.4 is 4.90 Å². The van der Waals surface area contributed by atoms with Gasteiger partial charge in [0.2, 0.25) is 0 Å². The van der Waals surface area contributed by atoms with E-state index in [0.717, 1.165) is 43.6 Å². The summed E-state index contributed by atoms with van der Waals surface area (Å²) in [5.74, 6) is -0.368. The van der Waals surface area contributed by atoms with E-state index in [1.165, 1.54) is 24.5 Å². The first-order valence-corrected chi connectivity index (χ1v) is 12.0. The number of hydrogen-bond donors (Lipinski definition) is 0. The molecule has 0 saturated carbocycles. The second-order valence-corrected chi connectivity index (χ2v) is 9.21. The van der Waals surface area contributed by atoms with Crippen LogP contribution in [0.25, 0.3) is 0 Å². The number of hydrogen-bond acceptors (Lipinski definition) is 7. The molecule has 0 N–H and O–H groups in total. The Balaban J connectivity index is 1.76. The van der Waals surface area contributed by atoms with Crippen molar-refractivity contribution in [3.63, 3.8) is 0 Å². The van der Waals surface area contributed by atoms with Gasteiger partial charge in [0, 0.05) is 31.6 Å². The summed E-state index contributed by atoms with van der Waals surface area (Å²) in [5, 5.41) is 8.36. The maximum absolute atomic E-state index is 11.5. The van der Waals surface area contributed by atoms with Crippen molar-refractivity contribution < 1.29 is 17.9 Å². The van der Waals surface area contributed by atoms with Gasteiger partial charge in [-0.2, -0.15) is 10.2 Å². The van der Waals surface area contributed by atoms with Crippen LogP contribution in [0.4, 0.5) is 17.1 Å². The molecule has 0 spiro atoms. The van der Waals surface area contributed by atoms with Crippen molar-refractivity contribution in [1.82, 2.24) is 0 Å². The highest BCUT2D eigenvalue weighted by Gasteiger charge is 2.06. The maximum atomic E-state index is 11.5. The number of benzene rings is 2. The number of unbranched alkanes of at least 4 members (excludes halogenated alkanes) is 3. The molecule has 2 rings (SSSR count). The molecule has 8 heteroatoms. The van der Waals surface area contributed by atoms with Crippen LogP contribution in [0.3, 0.4) is 0 Å². The summed E-state index contributed by atoms with van der Waals surface area (Å²) in [4.78, 5) is 13.4. The number of rotatable bonds is 12. The van der Waals surface area contributed by atoms with Crippen molar-refractivity contribution in [1.29, 1.82) is 0 Å². The molecule has 0 aliphatic heterocycles. The summed E-state index contributed by atoms with van der Waals surface area (Å²) in [5.41, 5.74) is 2.41. The van der Waals surface area contributed by atoms with Crippen molar-refractivity contribution in [3.05, 3.63) is 61.2 Å². The Bertz CT molecular complexity index is 984. The van der Waals surface area contributed by atoms with Crippen LogP contribution in [-0.4, -0.2) is 40.8 Å². The minimum absolute atomic E-state index is 0.259. The molecule has 0 saturated heterocycles. The van der Waals surface area contributed by atoms with Crippen LogP contribution in [0, 0.1) is 0 Å². The highest BCUT2D eigenvalue weighted by molar-refractivity contribution is 7.90. The molecule has 2 aromatic rings. The largest absolute Gasteiger partial charge is 0.463 e. The number of esters is 1. The number of azo groups is 1. The zero-order valence-corrected chi connectivity index (χ0v) is 18.8. The lowest BCUT2D eigenvalue weighted by Gasteiger charge is -2.19. The minimum atomic E-state index is -3.21. The van der Waals surface area contributed by atoms with E-state index in [1.54, 1.807) is 12.1 Å². The van der Waals surface area contributed by atoms with E-state index in [0.29, 0.717) is 12.3 Å². The summed E-state index contributed by atoms with van der Waals surface area (Å²) in [7, 11) is -1.17. The van der Waals surface area contributed by atoms with Crippen LogP contribution in [0.5, 0.6) is 0 Å². The van der Waals surface area contributed by atoms with Gasteiger partial charge in [0.1, 0.15) is 0 Å². The van der Waals surface area contributed by atoms with E-state index >= 15 is 0 Å². The molecule has 0 bridgehead atoms. The molecule has 0 atom stereocenters. The molecule has 0 amide bonds. The molecule has 7 nitrogen and oxygen atoms in total. The fourth-order valence-corrected chi connectivity index (χ4v) is 3.45. The molecule has 166 valence electrons. The Labute approximate surface area is 184 Å². The number of nitrogens with zero attached hydrogens (tertiary/aromatic N) is 3. The Kier molecular flexibility index (Phi) is 9.40. The van der Waals surface area contributed by atoms with Gasteiger partial charge in [0.15, 0.2) is 9.84 Å². The molecule has 0 unspecified atom stereocenters. The Morgan fingerprint density at radius 3 is 2.06 bits per heavy atom. The average Bonchev–Trinajstić information content (AvgIpc) is 2.76. The molecule has 0 heterocycles. The topological polar surface area (TPSA) is 88.4 Å². The quantitative estimate of drug-likeness (QED) is 0.194. The van der Waals surface area contributed by atoms with Gasteiger partial charge >= 0.3 is 5.97 Å². The lowest BCUT2D eigenvalue weighted by molar-refractivity contribution is -0.137. The molecule has 0 aliphatic rings. The first kappa shape index (κ1) is 24.3. The summed E-state index contributed by atoms with van der Waals surface area (Å²) in [6.07, 6.45) is 6.35. The van der Waals surface area contributed by atoms with Crippen LogP contribution in [0.1, 0.15) is 25.7 Å². The fraction of sp³-hybridized carbons (Fsp3) is 0.348. The second-order valence-electron chi connectivity index (χ2n) is 7.19. The average molecular weight is 444 g/mol. The van der Waals surface area contributed by atoms with Gasteiger partial charge in [-0.1, -0.05) is 13.0 Å². The van der Waals surface area contributed by atoms with Crippen molar-refractivity contribution in [2.24, 2.45) is 10.2 Å². The van der Waals surface area contributed by atoms with Crippen molar-refractivity contribution in [2.45, 2.75) is 30.6 Å². The van der Waals surface area contributed by atoms with Gasteiger partial charge in [0.05, 0.1) is 22.9 Å². The Morgan fingerprint density at radius 1 is 0.968 bits per heavy atom. The normalized spacial score (nSPS) is 11.4. The predicted octanol–water partition coefficient (Wildman–Crippen LogP) is 5.23. The van der Waals surface area contributed by atoms with Crippen LogP contribution in [-0.2, 0) is 19.4 Å². The van der Waals surface area contributed by atoms with Crippen molar-refractivity contribution >= 4 is 32.9 Å². The highest BCUT2D eigenvalue weighted by Crippen LogP contribution is 2.23. The number of sulfone groups is 1. The molecule has 0 aromatic heterocycles. The van der Waals surface area contributed by atoms with Crippen LogP contribution in [0.15, 0.2) is 76.3 Å². The first-order valence-electron chi connectivity index (χ1n) is 10.1. The van der Waals surface area contributed by atoms with Gasteiger partial charge in [-0.3, -0.25) is 0 Å². The zero-order valence-electron chi connectivity index (χ0n) is 18.0. The number of ether oxygens (including phenoxy) is 1. The molecule has 0 radical (unpaired) electrons. The second kappa shape index (κ2) is 12.0. The minimum Gasteiger partial charge on any atom is -0.463 e. The SMILES string of the molecule is C=CC(=O)OCCCCCCN(C)c1ccc(N=Nc2ccc(S(C)(=O)=O)cc2)cc1. The van der Waals surface area contributed by atoms with Gasteiger partial charge in [-0.05, 0) is 67.8 Å². The van der Waals surface area contributed by atoms with E-state index in [9.17, 15) is 13.2 Å². The third-order valence-corrected chi connectivity index (χ3v) is 5.76. The van der Waals surface area contributed by atoms with Gasteiger partial charge in [-0.15, -0.1) is 0 Å². The smallest absolute Gasteiger partial charge is 0.330 e. The zero-order chi connectivity index (χ0) is 22.7. The monoisotopic (exact) mass is 443 g/mol. The lowest BCUT2D eigenvalue weighted by Crippen LogP contribution is -2.18.